The van der Waals surface area contributed by atoms with Crippen LogP contribution in [0.2, 0.25) is 0 Å². The molecule has 0 aromatic heterocycles. The fraction of sp³-hybridized carbons (Fsp3) is 0.263. The van der Waals surface area contributed by atoms with Crippen LogP contribution in [0.4, 0.5) is 0 Å². The Bertz CT molecular complexity index is 634. The Labute approximate surface area is 132 Å². The zero-order chi connectivity index (χ0) is 15.9. The number of rotatable bonds is 6. The van der Waals surface area contributed by atoms with Crippen LogP contribution in [0.3, 0.4) is 0 Å². The van der Waals surface area contributed by atoms with Crippen LogP contribution in [0.1, 0.15) is 16.7 Å². The van der Waals surface area contributed by atoms with Crippen molar-refractivity contribution in [2.75, 3.05) is 21.3 Å². The summed E-state index contributed by atoms with van der Waals surface area (Å²) in [5.74, 6) is 1.94. The quantitative estimate of drug-likeness (QED) is 0.797. The van der Waals surface area contributed by atoms with Gasteiger partial charge in [-0.1, -0.05) is 36.4 Å². The molecule has 3 nitrogen and oxygen atoms in total. The monoisotopic (exact) mass is 298 g/mol. The highest BCUT2D eigenvalue weighted by molar-refractivity contribution is 5.62. The first-order valence-corrected chi connectivity index (χ1v) is 7.20. The Morgan fingerprint density at radius 1 is 0.909 bits per heavy atom. The first kappa shape index (κ1) is 16.0. The number of hydrogen-bond donors (Lipinski definition) is 0. The van der Waals surface area contributed by atoms with E-state index in [4.69, 9.17) is 14.2 Å². The van der Waals surface area contributed by atoms with Crippen LogP contribution in [0.5, 0.6) is 17.2 Å². The third-order valence-electron chi connectivity index (χ3n) is 3.60. The molecule has 0 bridgehead atoms. The van der Waals surface area contributed by atoms with E-state index in [1.54, 1.807) is 21.3 Å². The van der Waals surface area contributed by atoms with Crippen molar-refractivity contribution in [1.82, 2.24) is 0 Å². The molecule has 2 rings (SSSR count). The van der Waals surface area contributed by atoms with E-state index in [1.165, 1.54) is 11.1 Å². The third kappa shape index (κ3) is 3.61. The summed E-state index contributed by atoms with van der Waals surface area (Å²) in [5, 5.41) is 0. The molecule has 0 atom stereocenters. The topological polar surface area (TPSA) is 27.7 Å². The molecule has 0 spiro atoms. The molecule has 0 saturated heterocycles. The maximum Gasteiger partial charge on any atom is 0.203 e. The summed E-state index contributed by atoms with van der Waals surface area (Å²) in [6.07, 6.45) is 5.10. The van der Waals surface area contributed by atoms with Crippen molar-refractivity contribution in [3.8, 4) is 17.2 Å². The lowest BCUT2D eigenvalue weighted by atomic mass is 10.0. The van der Waals surface area contributed by atoms with Gasteiger partial charge in [0, 0.05) is 0 Å². The van der Waals surface area contributed by atoms with Crippen molar-refractivity contribution in [2.24, 2.45) is 0 Å². The maximum atomic E-state index is 5.36. The number of hydrogen-bond acceptors (Lipinski definition) is 3. The van der Waals surface area contributed by atoms with Crippen molar-refractivity contribution in [3.05, 3.63) is 59.2 Å². The molecule has 0 unspecified atom stereocenters. The molecule has 2 aromatic rings. The van der Waals surface area contributed by atoms with Crippen LogP contribution in [-0.2, 0) is 6.42 Å². The van der Waals surface area contributed by atoms with Gasteiger partial charge in [-0.15, -0.1) is 0 Å². The van der Waals surface area contributed by atoms with Crippen molar-refractivity contribution < 1.29 is 14.2 Å². The molecule has 22 heavy (non-hydrogen) atoms. The number of allylic oxidation sites excluding steroid dienone is 1. The fourth-order valence-corrected chi connectivity index (χ4v) is 2.36. The second-order valence-electron chi connectivity index (χ2n) is 4.99. The second kappa shape index (κ2) is 7.55. The highest BCUT2D eigenvalue weighted by Crippen LogP contribution is 2.38. The standard InChI is InChI=1S/C19H22O3/c1-14-8-5-6-10-16(14)11-7-9-15-12-17(20-2)19(22-4)18(13-15)21-3/h5-10,12-13H,11H2,1-4H3/b9-7+. The summed E-state index contributed by atoms with van der Waals surface area (Å²) in [6, 6.07) is 12.3. The van der Waals surface area contributed by atoms with E-state index in [0.717, 1.165) is 12.0 Å². The Morgan fingerprint density at radius 3 is 2.09 bits per heavy atom. The van der Waals surface area contributed by atoms with Crippen molar-refractivity contribution in [1.29, 1.82) is 0 Å². The molecule has 0 aliphatic carbocycles. The zero-order valence-electron chi connectivity index (χ0n) is 13.6. The van der Waals surface area contributed by atoms with Gasteiger partial charge in [-0.25, -0.2) is 0 Å². The number of benzene rings is 2. The summed E-state index contributed by atoms with van der Waals surface area (Å²) in [5.41, 5.74) is 3.64. The van der Waals surface area contributed by atoms with Gasteiger partial charge in [0.05, 0.1) is 21.3 Å². The average molecular weight is 298 g/mol. The number of methoxy groups -OCH3 is 3. The average Bonchev–Trinajstić information content (AvgIpc) is 2.55. The molecular formula is C19H22O3. The summed E-state index contributed by atoms with van der Waals surface area (Å²) < 4.78 is 16.1. The Kier molecular flexibility index (Phi) is 5.48. The number of ether oxygens (including phenoxy) is 3. The van der Waals surface area contributed by atoms with Gasteiger partial charge in [0.25, 0.3) is 0 Å². The number of aryl methyl sites for hydroxylation is 1. The van der Waals surface area contributed by atoms with E-state index in [9.17, 15) is 0 Å². The predicted octanol–water partition coefficient (Wildman–Crippen LogP) is 4.28. The molecular weight excluding hydrogens is 276 g/mol. The van der Waals surface area contributed by atoms with E-state index in [-0.39, 0.29) is 0 Å². The molecule has 116 valence electrons. The minimum absolute atomic E-state index is 0.612. The summed E-state index contributed by atoms with van der Waals surface area (Å²) in [7, 11) is 4.85. The lowest BCUT2D eigenvalue weighted by Crippen LogP contribution is -1.95. The van der Waals surface area contributed by atoms with Gasteiger partial charge in [-0.3, -0.25) is 0 Å². The van der Waals surface area contributed by atoms with Gasteiger partial charge in [-0.2, -0.15) is 0 Å². The molecule has 0 N–H and O–H groups in total. The van der Waals surface area contributed by atoms with Gasteiger partial charge in [0.1, 0.15) is 0 Å². The van der Waals surface area contributed by atoms with Gasteiger partial charge in [-0.05, 0) is 42.2 Å². The van der Waals surface area contributed by atoms with Gasteiger partial charge in [0.2, 0.25) is 5.75 Å². The van der Waals surface area contributed by atoms with Gasteiger partial charge >= 0.3 is 0 Å². The molecule has 0 fully saturated rings. The van der Waals surface area contributed by atoms with Crippen molar-refractivity contribution in [2.45, 2.75) is 13.3 Å². The summed E-state index contributed by atoms with van der Waals surface area (Å²) in [4.78, 5) is 0. The highest BCUT2D eigenvalue weighted by atomic mass is 16.5. The normalized spacial score (nSPS) is 10.7. The lowest BCUT2D eigenvalue weighted by molar-refractivity contribution is 0.324. The largest absolute Gasteiger partial charge is 0.493 e. The maximum absolute atomic E-state index is 5.36. The Balaban J connectivity index is 2.22. The van der Waals surface area contributed by atoms with Gasteiger partial charge < -0.3 is 14.2 Å². The first-order valence-electron chi connectivity index (χ1n) is 7.20. The minimum atomic E-state index is 0.612. The molecule has 0 aliphatic rings. The Hall–Kier alpha value is -2.42. The third-order valence-corrected chi connectivity index (χ3v) is 3.60. The lowest BCUT2D eigenvalue weighted by Gasteiger charge is -2.12. The van der Waals surface area contributed by atoms with Crippen LogP contribution in [0, 0.1) is 6.92 Å². The smallest absolute Gasteiger partial charge is 0.203 e. The van der Waals surface area contributed by atoms with Crippen LogP contribution in [0.15, 0.2) is 42.5 Å². The summed E-state index contributed by atoms with van der Waals surface area (Å²) >= 11 is 0. The van der Waals surface area contributed by atoms with Crippen LogP contribution < -0.4 is 14.2 Å². The molecule has 0 aliphatic heterocycles. The van der Waals surface area contributed by atoms with E-state index in [2.05, 4.69) is 43.3 Å². The minimum Gasteiger partial charge on any atom is -0.493 e. The van der Waals surface area contributed by atoms with Crippen LogP contribution >= 0.6 is 0 Å². The molecule has 0 radical (unpaired) electrons. The molecule has 0 amide bonds. The van der Waals surface area contributed by atoms with E-state index in [1.807, 2.05) is 12.1 Å². The molecule has 3 heteroatoms. The molecule has 0 heterocycles. The summed E-state index contributed by atoms with van der Waals surface area (Å²) in [6.45, 7) is 2.13. The fourth-order valence-electron chi connectivity index (χ4n) is 2.36. The predicted molar refractivity (Wildman–Crippen MR) is 90.0 cm³/mol. The van der Waals surface area contributed by atoms with E-state index in [0.29, 0.717) is 17.2 Å². The van der Waals surface area contributed by atoms with Crippen molar-refractivity contribution >= 4 is 6.08 Å². The van der Waals surface area contributed by atoms with E-state index >= 15 is 0 Å². The first-order chi connectivity index (χ1) is 10.7. The van der Waals surface area contributed by atoms with E-state index < -0.39 is 0 Å². The SMILES string of the molecule is COc1cc(/C=C/Cc2ccccc2C)cc(OC)c1OC. The zero-order valence-corrected chi connectivity index (χ0v) is 13.6. The second-order valence-corrected chi connectivity index (χ2v) is 4.99. The van der Waals surface area contributed by atoms with Gasteiger partial charge in [0.15, 0.2) is 11.5 Å². The highest BCUT2D eigenvalue weighted by Gasteiger charge is 2.11. The Morgan fingerprint density at radius 2 is 1.55 bits per heavy atom. The van der Waals surface area contributed by atoms with Crippen LogP contribution in [0.25, 0.3) is 6.08 Å². The molecule has 2 aromatic carbocycles. The van der Waals surface area contributed by atoms with Crippen LogP contribution in [-0.4, -0.2) is 21.3 Å². The van der Waals surface area contributed by atoms with Crippen molar-refractivity contribution in [3.63, 3.8) is 0 Å². The molecule has 0 saturated carbocycles.